The van der Waals surface area contributed by atoms with E-state index in [1.54, 1.807) is 0 Å². The molecule has 2 fully saturated rings. The van der Waals surface area contributed by atoms with Gasteiger partial charge in [0.05, 0.1) is 22.4 Å². The molecule has 0 saturated carbocycles. The number of hydrogen-bond donors (Lipinski definition) is 0. The van der Waals surface area contributed by atoms with Crippen molar-refractivity contribution in [3.63, 3.8) is 0 Å². The highest BCUT2D eigenvalue weighted by Gasteiger charge is 2.52. The molecule has 0 radical (unpaired) electrons. The first kappa shape index (κ1) is 35.2. The van der Waals surface area contributed by atoms with E-state index >= 15 is 0 Å². The van der Waals surface area contributed by atoms with Gasteiger partial charge in [0.2, 0.25) is 0 Å². The monoisotopic (exact) mass is 630 g/mol. The number of allylic oxidation sites excluding steroid dienone is 2. The van der Waals surface area contributed by atoms with E-state index in [2.05, 4.69) is 154 Å². The van der Waals surface area contributed by atoms with Gasteiger partial charge in [0.15, 0.2) is 0 Å². The number of rotatable bonds is 11. The molecule has 2 aliphatic rings. The molecule has 2 aliphatic heterocycles. The Bertz CT molecular complexity index is 1200. The van der Waals surface area contributed by atoms with E-state index in [4.69, 9.17) is 18.6 Å². The van der Waals surface area contributed by atoms with Crippen LogP contribution in [0.4, 0.5) is 0 Å². The molecule has 238 valence electrons. The maximum atomic E-state index is 6.46. The summed E-state index contributed by atoms with van der Waals surface area (Å²) in [6, 6.07) is 22.1. The molecule has 0 unspecified atom stereocenters. The van der Waals surface area contributed by atoms with Crippen molar-refractivity contribution in [2.24, 2.45) is 0 Å². The van der Waals surface area contributed by atoms with Crippen molar-refractivity contribution in [3.8, 4) is 0 Å². The summed E-state index contributed by atoms with van der Waals surface area (Å²) in [6.07, 6.45) is 4.29. The Morgan fingerprint density at radius 1 is 0.523 bits per heavy atom. The fraction of sp³-hybridized carbons (Fsp3) is 0.556. The van der Waals surface area contributed by atoms with Crippen molar-refractivity contribution in [1.82, 2.24) is 0 Å². The van der Waals surface area contributed by atoms with Crippen LogP contribution in [0.15, 0.2) is 83.0 Å². The van der Waals surface area contributed by atoms with Crippen LogP contribution < -0.4 is 10.4 Å². The number of benzene rings is 2. The van der Waals surface area contributed by atoms with E-state index in [0.29, 0.717) is 0 Å². The molecule has 4 rings (SSSR count). The molecule has 0 spiro atoms. The Kier molecular flexibility index (Phi) is 10.3. The van der Waals surface area contributed by atoms with Crippen molar-refractivity contribution in [3.05, 3.63) is 83.0 Å². The zero-order valence-corrected chi connectivity index (χ0v) is 31.5. The standard InChI is InChI=1S/C36H56B2O4Si2/c1-33(2)34(3,4)40-37(39-33)27-31(43(9,10)29-21-15-13-16-22-29)25-19-20-26-32(44(11,12)30-23-17-14-18-24-30)28-38-41-35(5,6)36(7,8)42-38/h13-18,21-24,27-28H,19-20,25-26H2,1-12H3/b31-27-,32-28-. The molecule has 0 atom stereocenters. The van der Waals surface area contributed by atoms with Crippen molar-refractivity contribution in [2.45, 2.75) is 130 Å². The summed E-state index contributed by atoms with van der Waals surface area (Å²) in [5, 5.41) is 5.89. The van der Waals surface area contributed by atoms with E-state index in [1.807, 2.05) is 0 Å². The van der Waals surface area contributed by atoms with Gasteiger partial charge in [-0.25, -0.2) is 0 Å². The summed E-state index contributed by atoms with van der Waals surface area (Å²) >= 11 is 0. The molecule has 2 heterocycles. The average Bonchev–Trinajstić information content (AvgIpc) is 3.28. The lowest BCUT2D eigenvalue weighted by molar-refractivity contribution is 0.00578. The van der Waals surface area contributed by atoms with E-state index < -0.39 is 16.1 Å². The molecule has 0 aliphatic carbocycles. The second-order valence-electron chi connectivity index (χ2n) is 15.8. The van der Waals surface area contributed by atoms with Crippen molar-refractivity contribution >= 4 is 40.8 Å². The van der Waals surface area contributed by atoms with Crippen LogP contribution in [0.1, 0.15) is 81.1 Å². The Balaban J connectivity index is 1.57. The summed E-state index contributed by atoms with van der Waals surface area (Å²) in [6.45, 7) is 26.9. The van der Waals surface area contributed by atoms with Gasteiger partial charge in [-0.1, -0.05) is 120 Å². The quantitative estimate of drug-likeness (QED) is 0.187. The lowest BCUT2D eigenvalue weighted by Crippen LogP contribution is -2.45. The van der Waals surface area contributed by atoms with Gasteiger partial charge in [-0.05, 0) is 81.1 Å². The molecule has 2 aromatic carbocycles. The van der Waals surface area contributed by atoms with Gasteiger partial charge < -0.3 is 18.6 Å². The highest BCUT2D eigenvalue weighted by Crippen LogP contribution is 2.39. The Morgan fingerprint density at radius 2 is 0.795 bits per heavy atom. The van der Waals surface area contributed by atoms with Gasteiger partial charge in [-0.15, -0.1) is 0 Å². The highest BCUT2D eigenvalue weighted by atomic mass is 28.3. The van der Waals surface area contributed by atoms with Gasteiger partial charge in [-0.2, -0.15) is 0 Å². The van der Waals surface area contributed by atoms with Crippen LogP contribution in [0.2, 0.25) is 26.2 Å². The van der Waals surface area contributed by atoms with Crippen molar-refractivity contribution < 1.29 is 18.6 Å². The van der Waals surface area contributed by atoms with Gasteiger partial charge >= 0.3 is 14.2 Å². The predicted molar refractivity (Wildman–Crippen MR) is 194 cm³/mol. The summed E-state index contributed by atoms with van der Waals surface area (Å²) in [5.74, 6) is 4.64. The van der Waals surface area contributed by atoms with Crippen LogP contribution in [0, 0.1) is 0 Å². The van der Waals surface area contributed by atoms with Gasteiger partial charge in [0.1, 0.15) is 16.1 Å². The normalized spacial score (nSPS) is 21.6. The molecule has 2 aromatic rings. The van der Waals surface area contributed by atoms with Crippen molar-refractivity contribution in [2.75, 3.05) is 0 Å². The van der Waals surface area contributed by atoms with Crippen LogP contribution in [-0.2, 0) is 18.6 Å². The minimum atomic E-state index is -1.94. The van der Waals surface area contributed by atoms with Gasteiger partial charge in [0.25, 0.3) is 0 Å². The zero-order valence-electron chi connectivity index (χ0n) is 29.5. The van der Waals surface area contributed by atoms with Gasteiger partial charge in [-0.3, -0.25) is 0 Å². The van der Waals surface area contributed by atoms with Crippen LogP contribution in [0.5, 0.6) is 0 Å². The largest absolute Gasteiger partial charge is 0.486 e. The number of hydrogen-bond acceptors (Lipinski definition) is 4. The molecule has 44 heavy (non-hydrogen) atoms. The van der Waals surface area contributed by atoms with Gasteiger partial charge in [0, 0.05) is 0 Å². The minimum Gasteiger partial charge on any atom is -0.400 e. The predicted octanol–water partition coefficient (Wildman–Crippen LogP) is 7.97. The molecule has 8 heteroatoms. The molecule has 0 aromatic heterocycles. The molecular weight excluding hydrogens is 574 g/mol. The van der Waals surface area contributed by atoms with Crippen LogP contribution in [-0.4, -0.2) is 52.8 Å². The number of unbranched alkanes of at least 4 members (excludes halogenated alkanes) is 1. The lowest BCUT2D eigenvalue weighted by atomic mass is 9.88. The first-order valence-corrected chi connectivity index (χ1v) is 22.5. The van der Waals surface area contributed by atoms with Crippen LogP contribution in [0.3, 0.4) is 0 Å². The summed E-state index contributed by atoms with van der Waals surface area (Å²) in [5.41, 5.74) is -1.39. The van der Waals surface area contributed by atoms with E-state index in [0.717, 1.165) is 25.7 Å². The molecule has 2 saturated heterocycles. The third kappa shape index (κ3) is 7.48. The van der Waals surface area contributed by atoms with E-state index in [9.17, 15) is 0 Å². The summed E-state index contributed by atoms with van der Waals surface area (Å²) in [7, 11) is -4.53. The first-order chi connectivity index (χ1) is 20.3. The Labute approximate surface area is 271 Å². The van der Waals surface area contributed by atoms with Crippen LogP contribution >= 0.6 is 0 Å². The fourth-order valence-electron chi connectivity index (χ4n) is 6.16. The average molecular weight is 631 g/mol. The third-order valence-electron chi connectivity index (χ3n) is 11.0. The molecule has 0 bridgehead atoms. The van der Waals surface area contributed by atoms with Crippen molar-refractivity contribution in [1.29, 1.82) is 0 Å². The fourth-order valence-corrected chi connectivity index (χ4v) is 11.7. The molecular formula is C36H56B2O4Si2. The molecule has 4 nitrogen and oxygen atoms in total. The summed E-state index contributed by atoms with van der Waals surface area (Å²) < 4.78 is 25.9. The second kappa shape index (κ2) is 12.8. The Hall–Kier alpha value is -1.68. The maximum Gasteiger partial charge on any atom is 0.486 e. The maximum absolute atomic E-state index is 6.46. The molecule has 0 amide bonds. The third-order valence-corrected chi connectivity index (χ3v) is 18.6. The minimum absolute atomic E-state index is 0.325. The highest BCUT2D eigenvalue weighted by molar-refractivity contribution is 6.96. The second-order valence-corrected chi connectivity index (χ2v) is 24.8. The first-order valence-electron chi connectivity index (χ1n) is 16.5. The summed E-state index contributed by atoms with van der Waals surface area (Å²) in [4.78, 5) is 0. The molecule has 0 N–H and O–H groups in total. The van der Waals surface area contributed by atoms with E-state index in [1.165, 1.54) is 20.8 Å². The lowest BCUT2D eigenvalue weighted by Gasteiger charge is -2.32. The SMILES string of the molecule is CC1(C)OB(/C=C(/CCCC/C(=C/B2OC(C)(C)C(C)(C)O2)[Si](C)(C)c2ccccc2)[Si](C)(C)c2ccccc2)OC1(C)C. The Morgan fingerprint density at radius 3 is 1.07 bits per heavy atom. The van der Waals surface area contributed by atoms with E-state index in [-0.39, 0.29) is 36.6 Å². The van der Waals surface area contributed by atoms with Crippen LogP contribution in [0.25, 0.3) is 0 Å². The zero-order chi connectivity index (χ0) is 32.6. The smallest absolute Gasteiger partial charge is 0.400 e. The topological polar surface area (TPSA) is 36.9 Å².